The van der Waals surface area contributed by atoms with Crippen LogP contribution < -0.4 is 5.32 Å². The third-order valence-electron chi connectivity index (χ3n) is 5.04. The summed E-state index contributed by atoms with van der Waals surface area (Å²) in [4.78, 5) is 16.6. The molecule has 0 spiro atoms. The van der Waals surface area contributed by atoms with Gasteiger partial charge in [0.25, 0.3) is 0 Å². The number of nitrogens with zero attached hydrogens (tertiary/aromatic N) is 2. The molecule has 0 unspecified atom stereocenters. The van der Waals surface area contributed by atoms with Crippen LogP contribution in [0, 0.1) is 5.92 Å². The number of para-hydroxylation sites is 2. The number of benzene rings is 1. The average Bonchev–Trinajstić information content (AvgIpc) is 3.42. The summed E-state index contributed by atoms with van der Waals surface area (Å²) in [7, 11) is 0. The average molecular weight is 341 g/mol. The molecule has 1 amide bonds. The first-order chi connectivity index (χ1) is 12.3. The summed E-state index contributed by atoms with van der Waals surface area (Å²) in [6, 6.07) is 8.42. The van der Waals surface area contributed by atoms with E-state index in [9.17, 15) is 4.79 Å². The Kier molecular flexibility index (Phi) is 6.48. The number of carbonyl (C=O) groups is 1. The summed E-state index contributed by atoms with van der Waals surface area (Å²) in [5.41, 5.74) is 2.34. The summed E-state index contributed by atoms with van der Waals surface area (Å²) in [6.45, 7) is 4.06. The van der Waals surface area contributed by atoms with Crippen LogP contribution in [0.4, 0.5) is 0 Å². The van der Waals surface area contributed by atoms with E-state index in [1.165, 1.54) is 37.6 Å². The van der Waals surface area contributed by atoms with Gasteiger partial charge in [-0.15, -0.1) is 0 Å². The molecule has 0 atom stereocenters. The summed E-state index contributed by atoms with van der Waals surface area (Å²) < 4.78 is 2.39. The SMILES string of the molecule is CCCCCCCn1c(CCCNC(=O)C2CC2)nc2ccccc21. The molecule has 0 bridgehead atoms. The molecule has 25 heavy (non-hydrogen) atoms. The summed E-state index contributed by atoms with van der Waals surface area (Å²) in [5.74, 6) is 1.70. The van der Waals surface area contributed by atoms with Crippen molar-refractivity contribution in [2.45, 2.75) is 71.3 Å². The largest absolute Gasteiger partial charge is 0.356 e. The van der Waals surface area contributed by atoms with Gasteiger partial charge >= 0.3 is 0 Å². The lowest BCUT2D eigenvalue weighted by atomic mass is 10.1. The van der Waals surface area contributed by atoms with Crippen LogP contribution in [0.2, 0.25) is 0 Å². The zero-order chi connectivity index (χ0) is 17.5. The maximum absolute atomic E-state index is 11.7. The molecular formula is C21H31N3O. The van der Waals surface area contributed by atoms with Crippen LogP contribution >= 0.6 is 0 Å². The molecule has 136 valence electrons. The Morgan fingerprint density at radius 1 is 1.16 bits per heavy atom. The molecule has 1 aromatic heterocycles. The monoisotopic (exact) mass is 341 g/mol. The number of rotatable bonds is 11. The highest BCUT2D eigenvalue weighted by molar-refractivity contribution is 5.80. The van der Waals surface area contributed by atoms with E-state index in [0.29, 0.717) is 5.92 Å². The molecule has 1 aliphatic carbocycles. The molecule has 4 nitrogen and oxygen atoms in total. The van der Waals surface area contributed by atoms with Crippen molar-refractivity contribution in [1.29, 1.82) is 0 Å². The number of amides is 1. The maximum Gasteiger partial charge on any atom is 0.223 e. The number of aryl methyl sites for hydroxylation is 2. The predicted octanol–water partition coefficient (Wildman–Crippen LogP) is 4.47. The Labute approximate surface area is 151 Å². The van der Waals surface area contributed by atoms with Crippen molar-refractivity contribution in [3.63, 3.8) is 0 Å². The highest BCUT2D eigenvalue weighted by Gasteiger charge is 2.28. The van der Waals surface area contributed by atoms with Gasteiger partial charge in [-0.25, -0.2) is 4.98 Å². The lowest BCUT2D eigenvalue weighted by Gasteiger charge is -2.10. The molecule has 1 N–H and O–H groups in total. The van der Waals surface area contributed by atoms with Crippen LogP contribution in [-0.2, 0) is 17.8 Å². The fraction of sp³-hybridized carbons (Fsp3) is 0.619. The zero-order valence-electron chi connectivity index (χ0n) is 15.5. The van der Waals surface area contributed by atoms with Gasteiger partial charge in [-0.05, 0) is 37.8 Å². The third-order valence-corrected chi connectivity index (χ3v) is 5.04. The molecule has 0 aliphatic heterocycles. The number of nitrogens with one attached hydrogen (secondary N) is 1. The lowest BCUT2D eigenvalue weighted by Crippen LogP contribution is -2.26. The first-order valence-corrected chi connectivity index (χ1v) is 10.0. The molecule has 0 radical (unpaired) electrons. The molecule has 4 heteroatoms. The molecule has 2 aromatic rings. The van der Waals surface area contributed by atoms with Gasteiger partial charge in [-0.2, -0.15) is 0 Å². The number of carbonyl (C=O) groups excluding carboxylic acids is 1. The minimum absolute atomic E-state index is 0.240. The smallest absolute Gasteiger partial charge is 0.223 e. The fourth-order valence-electron chi connectivity index (χ4n) is 3.39. The van der Waals surface area contributed by atoms with Crippen molar-refractivity contribution >= 4 is 16.9 Å². The van der Waals surface area contributed by atoms with Gasteiger partial charge in [0.2, 0.25) is 5.91 Å². The lowest BCUT2D eigenvalue weighted by molar-refractivity contribution is -0.122. The maximum atomic E-state index is 11.7. The number of aromatic nitrogens is 2. The van der Waals surface area contributed by atoms with Crippen molar-refractivity contribution in [2.24, 2.45) is 5.92 Å². The number of unbranched alkanes of at least 4 members (excludes halogenated alkanes) is 4. The van der Waals surface area contributed by atoms with Gasteiger partial charge in [0.1, 0.15) is 5.82 Å². The molecule has 3 rings (SSSR count). The minimum Gasteiger partial charge on any atom is -0.356 e. The van der Waals surface area contributed by atoms with Gasteiger partial charge in [0, 0.05) is 25.4 Å². The van der Waals surface area contributed by atoms with Gasteiger partial charge in [-0.1, -0.05) is 44.7 Å². The van der Waals surface area contributed by atoms with Crippen molar-refractivity contribution in [3.05, 3.63) is 30.1 Å². The Morgan fingerprint density at radius 3 is 2.76 bits per heavy atom. The highest BCUT2D eigenvalue weighted by atomic mass is 16.2. The molecule has 1 aromatic carbocycles. The Morgan fingerprint density at radius 2 is 1.96 bits per heavy atom. The van der Waals surface area contributed by atoms with E-state index < -0.39 is 0 Å². The standard InChI is InChI=1S/C21H31N3O/c1-2-3-4-5-8-16-24-19-11-7-6-10-18(19)23-20(24)12-9-15-22-21(25)17-13-14-17/h6-7,10-11,17H,2-5,8-9,12-16H2,1H3,(H,22,25). The van der Waals surface area contributed by atoms with Crippen molar-refractivity contribution in [3.8, 4) is 0 Å². The van der Waals surface area contributed by atoms with E-state index in [-0.39, 0.29) is 5.91 Å². The minimum atomic E-state index is 0.240. The van der Waals surface area contributed by atoms with Gasteiger partial charge in [-0.3, -0.25) is 4.79 Å². The van der Waals surface area contributed by atoms with E-state index in [1.807, 2.05) is 0 Å². The van der Waals surface area contributed by atoms with Crippen molar-refractivity contribution < 1.29 is 4.79 Å². The number of hydrogen-bond acceptors (Lipinski definition) is 2. The number of fused-ring (bicyclic) bond motifs is 1. The van der Waals surface area contributed by atoms with Gasteiger partial charge in [0.15, 0.2) is 0 Å². The van der Waals surface area contributed by atoms with E-state index in [4.69, 9.17) is 4.98 Å². The molecular weight excluding hydrogens is 310 g/mol. The molecule has 0 saturated heterocycles. The van der Waals surface area contributed by atoms with Crippen LogP contribution in [0.1, 0.15) is 64.1 Å². The van der Waals surface area contributed by atoms with Crippen LogP contribution in [0.15, 0.2) is 24.3 Å². The van der Waals surface area contributed by atoms with Crippen LogP contribution in [-0.4, -0.2) is 22.0 Å². The Hall–Kier alpha value is -1.84. The topological polar surface area (TPSA) is 46.9 Å². The van der Waals surface area contributed by atoms with Gasteiger partial charge in [0.05, 0.1) is 11.0 Å². The molecule has 1 heterocycles. The summed E-state index contributed by atoms with van der Waals surface area (Å²) in [5, 5.41) is 3.06. The predicted molar refractivity (Wildman–Crippen MR) is 103 cm³/mol. The number of imidazole rings is 1. The summed E-state index contributed by atoms with van der Waals surface area (Å²) >= 11 is 0. The second-order valence-electron chi connectivity index (χ2n) is 7.25. The first-order valence-electron chi connectivity index (χ1n) is 10.0. The Bertz CT molecular complexity index is 688. The van der Waals surface area contributed by atoms with Crippen LogP contribution in [0.25, 0.3) is 11.0 Å². The van der Waals surface area contributed by atoms with Crippen LogP contribution in [0.5, 0.6) is 0 Å². The zero-order valence-corrected chi connectivity index (χ0v) is 15.5. The first kappa shape index (κ1) is 18.0. The molecule has 1 aliphatic rings. The normalized spacial score (nSPS) is 14.1. The molecule has 1 fully saturated rings. The van der Waals surface area contributed by atoms with E-state index >= 15 is 0 Å². The third kappa shape index (κ3) is 5.07. The van der Waals surface area contributed by atoms with Gasteiger partial charge < -0.3 is 9.88 Å². The van der Waals surface area contributed by atoms with E-state index in [0.717, 1.165) is 50.1 Å². The second kappa shape index (κ2) is 9.02. The van der Waals surface area contributed by atoms with E-state index in [1.54, 1.807) is 0 Å². The highest BCUT2D eigenvalue weighted by Crippen LogP contribution is 2.28. The quantitative estimate of drug-likeness (QED) is 0.613. The fourth-order valence-corrected chi connectivity index (χ4v) is 3.39. The molecule has 1 saturated carbocycles. The Balaban J connectivity index is 1.55. The van der Waals surface area contributed by atoms with Crippen molar-refractivity contribution in [2.75, 3.05) is 6.54 Å². The van der Waals surface area contributed by atoms with E-state index in [2.05, 4.69) is 41.1 Å². The summed E-state index contributed by atoms with van der Waals surface area (Å²) in [6.07, 6.45) is 10.5. The number of hydrogen-bond donors (Lipinski definition) is 1. The van der Waals surface area contributed by atoms with Crippen LogP contribution in [0.3, 0.4) is 0 Å². The van der Waals surface area contributed by atoms with Crippen molar-refractivity contribution in [1.82, 2.24) is 14.9 Å². The second-order valence-corrected chi connectivity index (χ2v) is 7.25.